The van der Waals surface area contributed by atoms with Gasteiger partial charge in [-0.3, -0.25) is 0 Å². The highest BCUT2D eigenvalue weighted by Crippen LogP contribution is 2.34. The predicted octanol–water partition coefficient (Wildman–Crippen LogP) is 3.67. The molecule has 1 aromatic carbocycles. The highest BCUT2D eigenvalue weighted by atomic mass is 15.1. The molecule has 1 atom stereocenters. The lowest BCUT2D eigenvalue weighted by atomic mass is 9.93. The first kappa shape index (κ1) is 11.9. The number of hydrogen-bond acceptors (Lipinski definition) is 2. The lowest BCUT2D eigenvalue weighted by molar-refractivity contribution is 0.404. The number of anilines is 2. The number of nitrogens with one attached hydrogen (secondary N) is 1. The second-order valence-electron chi connectivity index (χ2n) is 5.70. The molecule has 2 heteroatoms. The molecule has 2 heterocycles. The van der Waals surface area contributed by atoms with Crippen LogP contribution in [-0.2, 0) is 6.42 Å². The van der Waals surface area contributed by atoms with E-state index in [4.69, 9.17) is 0 Å². The zero-order valence-electron chi connectivity index (χ0n) is 11.4. The number of fused-ring (bicyclic) bond motifs is 1. The summed E-state index contributed by atoms with van der Waals surface area (Å²) in [6.07, 6.45) is 6.61. The zero-order valence-corrected chi connectivity index (χ0v) is 11.4. The number of hydrogen-bond donors (Lipinski definition) is 1. The van der Waals surface area contributed by atoms with Crippen LogP contribution in [-0.4, -0.2) is 19.6 Å². The van der Waals surface area contributed by atoms with Crippen molar-refractivity contribution in [2.45, 2.75) is 39.0 Å². The highest BCUT2D eigenvalue weighted by Gasteiger charge is 2.22. The van der Waals surface area contributed by atoms with Gasteiger partial charge in [0, 0.05) is 31.0 Å². The maximum absolute atomic E-state index is 3.54. The molecule has 1 N–H and O–H groups in total. The van der Waals surface area contributed by atoms with E-state index in [9.17, 15) is 0 Å². The molecule has 3 rings (SSSR count). The Morgan fingerprint density at radius 1 is 1.33 bits per heavy atom. The average molecular weight is 244 g/mol. The Balaban J connectivity index is 1.87. The molecule has 0 amide bonds. The minimum Gasteiger partial charge on any atom is -0.385 e. The number of nitrogens with zero attached hydrogens (tertiary/aromatic N) is 1. The first-order valence-corrected chi connectivity index (χ1v) is 7.49. The summed E-state index contributed by atoms with van der Waals surface area (Å²) >= 11 is 0. The van der Waals surface area contributed by atoms with Gasteiger partial charge < -0.3 is 10.2 Å². The van der Waals surface area contributed by atoms with Crippen molar-refractivity contribution in [3.63, 3.8) is 0 Å². The van der Waals surface area contributed by atoms with Crippen LogP contribution in [0.15, 0.2) is 18.2 Å². The van der Waals surface area contributed by atoms with Crippen LogP contribution in [0.4, 0.5) is 11.4 Å². The first-order chi connectivity index (χ1) is 8.88. The van der Waals surface area contributed by atoms with E-state index in [-0.39, 0.29) is 0 Å². The van der Waals surface area contributed by atoms with Gasteiger partial charge in [-0.05, 0) is 49.3 Å². The van der Waals surface area contributed by atoms with Crippen LogP contribution < -0.4 is 10.2 Å². The SMILES string of the molecule is CCC1CCCN(c2cccc3c2CCCN3)C1. The third-order valence-electron chi connectivity index (χ3n) is 4.51. The summed E-state index contributed by atoms with van der Waals surface area (Å²) in [7, 11) is 0. The van der Waals surface area contributed by atoms with E-state index in [2.05, 4.69) is 35.3 Å². The van der Waals surface area contributed by atoms with Crippen LogP contribution >= 0.6 is 0 Å². The lowest BCUT2D eigenvalue weighted by Gasteiger charge is -2.36. The molecule has 2 aliphatic heterocycles. The molecular weight excluding hydrogens is 220 g/mol. The Hall–Kier alpha value is -1.18. The molecule has 1 saturated heterocycles. The van der Waals surface area contributed by atoms with Gasteiger partial charge in [-0.1, -0.05) is 19.4 Å². The molecule has 0 radical (unpaired) electrons. The molecule has 98 valence electrons. The molecule has 0 bridgehead atoms. The second-order valence-corrected chi connectivity index (χ2v) is 5.70. The summed E-state index contributed by atoms with van der Waals surface area (Å²) in [5.41, 5.74) is 4.43. The second kappa shape index (κ2) is 5.21. The van der Waals surface area contributed by atoms with E-state index in [0.29, 0.717) is 0 Å². The van der Waals surface area contributed by atoms with Crippen molar-refractivity contribution in [1.29, 1.82) is 0 Å². The lowest BCUT2D eigenvalue weighted by Crippen LogP contribution is -2.36. The van der Waals surface area contributed by atoms with Gasteiger partial charge in [0.25, 0.3) is 0 Å². The van der Waals surface area contributed by atoms with E-state index in [0.717, 1.165) is 12.5 Å². The number of piperidine rings is 1. The van der Waals surface area contributed by atoms with Crippen molar-refractivity contribution >= 4 is 11.4 Å². The van der Waals surface area contributed by atoms with Crippen molar-refractivity contribution in [3.05, 3.63) is 23.8 Å². The maximum Gasteiger partial charge on any atom is 0.0419 e. The van der Waals surface area contributed by atoms with Crippen LogP contribution in [0.2, 0.25) is 0 Å². The van der Waals surface area contributed by atoms with Crippen molar-refractivity contribution < 1.29 is 0 Å². The topological polar surface area (TPSA) is 15.3 Å². The molecule has 1 unspecified atom stereocenters. The minimum atomic E-state index is 0.895. The van der Waals surface area contributed by atoms with Crippen molar-refractivity contribution in [1.82, 2.24) is 0 Å². The molecule has 18 heavy (non-hydrogen) atoms. The third-order valence-corrected chi connectivity index (χ3v) is 4.51. The van der Waals surface area contributed by atoms with E-state index < -0.39 is 0 Å². The summed E-state index contributed by atoms with van der Waals surface area (Å²) in [5, 5.41) is 3.54. The summed E-state index contributed by atoms with van der Waals surface area (Å²) < 4.78 is 0. The van der Waals surface area contributed by atoms with E-state index in [1.807, 2.05) is 0 Å². The molecule has 0 spiro atoms. The Morgan fingerprint density at radius 3 is 3.17 bits per heavy atom. The molecule has 2 nitrogen and oxygen atoms in total. The Labute approximate surface area is 110 Å². The first-order valence-electron chi connectivity index (χ1n) is 7.49. The zero-order chi connectivity index (χ0) is 12.4. The monoisotopic (exact) mass is 244 g/mol. The van der Waals surface area contributed by atoms with Gasteiger partial charge in [0.2, 0.25) is 0 Å². The predicted molar refractivity (Wildman–Crippen MR) is 78.5 cm³/mol. The smallest absolute Gasteiger partial charge is 0.0419 e. The minimum absolute atomic E-state index is 0.895. The van der Waals surface area contributed by atoms with Gasteiger partial charge in [0.05, 0.1) is 0 Å². The molecule has 1 fully saturated rings. The van der Waals surface area contributed by atoms with Crippen molar-refractivity contribution in [2.75, 3.05) is 29.9 Å². The standard InChI is InChI=1S/C16H24N2/c1-2-13-6-5-11-18(12-13)16-9-3-8-15-14(16)7-4-10-17-15/h3,8-9,13,17H,2,4-7,10-12H2,1H3. The summed E-state index contributed by atoms with van der Waals surface area (Å²) in [6.45, 7) is 5.96. The average Bonchev–Trinajstić information content (AvgIpc) is 2.47. The van der Waals surface area contributed by atoms with Crippen LogP contribution in [0, 0.1) is 5.92 Å². The Bertz CT molecular complexity index is 414. The van der Waals surface area contributed by atoms with E-state index in [1.165, 1.54) is 56.6 Å². The van der Waals surface area contributed by atoms with E-state index >= 15 is 0 Å². The van der Waals surface area contributed by atoms with Gasteiger partial charge in [0.15, 0.2) is 0 Å². The molecule has 1 aromatic rings. The number of rotatable bonds is 2. The van der Waals surface area contributed by atoms with Crippen LogP contribution in [0.5, 0.6) is 0 Å². The fourth-order valence-electron chi connectivity index (χ4n) is 3.40. The Morgan fingerprint density at radius 2 is 2.28 bits per heavy atom. The van der Waals surface area contributed by atoms with Gasteiger partial charge in [-0.15, -0.1) is 0 Å². The summed E-state index contributed by atoms with van der Waals surface area (Å²) in [5.74, 6) is 0.895. The summed E-state index contributed by atoms with van der Waals surface area (Å²) in [4.78, 5) is 2.63. The van der Waals surface area contributed by atoms with Crippen LogP contribution in [0.3, 0.4) is 0 Å². The number of benzene rings is 1. The molecule has 2 aliphatic rings. The van der Waals surface area contributed by atoms with Crippen molar-refractivity contribution in [3.8, 4) is 0 Å². The van der Waals surface area contributed by atoms with Gasteiger partial charge in [0.1, 0.15) is 0 Å². The van der Waals surface area contributed by atoms with Gasteiger partial charge >= 0.3 is 0 Å². The largest absolute Gasteiger partial charge is 0.385 e. The normalized spacial score (nSPS) is 23.4. The van der Waals surface area contributed by atoms with Gasteiger partial charge in [-0.2, -0.15) is 0 Å². The highest BCUT2D eigenvalue weighted by molar-refractivity contribution is 5.68. The fourth-order valence-corrected chi connectivity index (χ4v) is 3.40. The third kappa shape index (κ3) is 2.21. The van der Waals surface area contributed by atoms with Gasteiger partial charge in [-0.25, -0.2) is 0 Å². The molecule has 0 aliphatic carbocycles. The molecule has 0 aromatic heterocycles. The Kier molecular flexibility index (Phi) is 3.44. The maximum atomic E-state index is 3.54. The van der Waals surface area contributed by atoms with Crippen LogP contribution in [0.25, 0.3) is 0 Å². The van der Waals surface area contributed by atoms with E-state index in [1.54, 1.807) is 5.56 Å². The molecular formula is C16H24N2. The van der Waals surface area contributed by atoms with Crippen molar-refractivity contribution in [2.24, 2.45) is 5.92 Å². The summed E-state index contributed by atoms with van der Waals surface area (Å²) in [6, 6.07) is 6.77. The fraction of sp³-hybridized carbons (Fsp3) is 0.625. The molecule has 0 saturated carbocycles. The van der Waals surface area contributed by atoms with Crippen LogP contribution in [0.1, 0.15) is 38.2 Å². The quantitative estimate of drug-likeness (QED) is 0.854.